The number of aromatic nitrogens is 2. The summed E-state index contributed by atoms with van der Waals surface area (Å²) in [5.74, 6) is 0. The molecule has 8 heteroatoms. The third kappa shape index (κ3) is 3.21. The van der Waals surface area contributed by atoms with Crippen molar-refractivity contribution in [2.45, 2.75) is 26.1 Å². The number of aliphatic hydroxyl groups is 1. The van der Waals surface area contributed by atoms with Crippen LogP contribution >= 0.6 is 0 Å². The molecule has 1 aromatic heterocycles. The van der Waals surface area contributed by atoms with E-state index in [-0.39, 0.29) is 11.4 Å². The molecule has 2 aromatic rings. The molecule has 1 N–H and O–H groups in total. The van der Waals surface area contributed by atoms with Crippen molar-refractivity contribution in [1.29, 1.82) is 0 Å². The molecule has 0 amide bonds. The van der Waals surface area contributed by atoms with Crippen molar-refractivity contribution in [3.8, 4) is 5.69 Å². The van der Waals surface area contributed by atoms with Crippen molar-refractivity contribution in [3.05, 3.63) is 62.4 Å². The second kappa shape index (κ2) is 6.04. The maximum absolute atomic E-state index is 12.8. The monoisotopic (exact) mass is 328 g/mol. The fraction of sp³-hybridized carbons (Fsp3) is 0.333. The first kappa shape index (κ1) is 17.0. The molecule has 0 fully saturated rings. The van der Waals surface area contributed by atoms with Crippen molar-refractivity contribution < 1.29 is 18.3 Å². The van der Waals surface area contributed by atoms with E-state index in [1.54, 1.807) is 0 Å². The van der Waals surface area contributed by atoms with Crippen LogP contribution in [0.3, 0.4) is 0 Å². The van der Waals surface area contributed by atoms with E-state index in [2.05, 4.69) is 0 Å². The number of aliphatic hydroxyl groups excluding tert-OH is 1. The third-order valence-electron chi connectivity index (χ3n) is 3.46. The summed E-state index contributed by atoms with van der Waals surface area (Å²) in [6.07, 6.45) is -4.54. The fourth-order valence-corrected chi connectivity index (χ4v) is 2.29. The third-order valence-corrected chi connectivity index (χ3v) is 3.46. The zero-order chi connectivity index (χ0) is 17.4. The number of hydrogen-bond acceptors (Lipinski definition) is 3. The summed E-state index contributed by atoms with van der Waals surface area (Å²) in [5.41, 5.74) is -2.09. The largest absolute Gasteiger partial charge is 0.416 e. The summed E-state index contributed by atoms with van der Waals surface area (Å²) < 4.78 is 40.3. The minimum Gasteiger partial charge on any atom is -0.394 e. The zero-order valence-electron chi connectivity index (χ0n) is 12.5. The minimum absolute atomic E-state index is 0.00112. The molecule has 0 spiro atoms. The standard InChI is InChI=1S/C15H15F3N2O3/c1-9-6-13(22)20(10(2)8-21)14(23)19(9)12-5-3-4-11(7-12)15(16,17)18/h3-7,10,21H,8H2,1-2H3. The van der Waals surface area contributed by atoms with Gasteiger partial charge in [0.25, 0.3) is 5.56 Å². The molecule has 0 saturated heterocycles. The number of rotatable bonds is 3. The molecule has 1 unspecified atom stereocenters. The lowest BCUT2D eigenvalue weighted by Gasteiger charge is -2.17. The second-order valence-electron chi connectivity index (χ2n) is 5.19. The van der Waals surface area contributed by atoms with Gasteiger partial charge in [-0.2, -0.15) is 13.2 Å². The first-order valence-corrected chi connectivity index (χ1v) is 6.80. The molecule has 0 saturated carbocycles. The molecule has 0 radical (unpaired) electrons. The topological polar surface area (TPSA) is 64.2 Å². The fourth-order valence-electron chi connectivity index (χ4n) is 2.29. The lowest BCUT2D eigenvalue weighted by molar-refractivity contribution is -0.137. The molecule has 124 valence electrons. The summed E-state index contributed by atoms with van der Waals surface area (Å²) in [7, 11) is 0. The molecule has 23 heavy (non-hydrogen) atoms. The molecule has 1 atom stereocenters. The Morgan fingerprint density at radius 3 is 2.43 bits per heavy atom. The van der Waals surface area contributed by atoms with E-state index in [1.807, 2.05) is 0 Å². The van der Waals surface area contributed by atoms with Gasteiger partial charge in [0.1, 0.15) is 0 Å². The molecule has 2 rings (SSSR count). The normalized spacial score (nSPS) is 13.1. The molecule has 5 nitrogen and oxygen atoms in total. The zero-order valence-corrected chi connectivity index (χ0v) is 12.5. The van der Waals surface area contributed by atoms with Crippen molar-refractivity contribution in [3.63, 3.8) is 0 Å². The van der Waals surface area contributed by atoms with E-state index in [4.69, 9.17) is 5.11 Å². The number of benzene rings is 1. The molecule has 0 bridgehead atoms. The lowest BCUT2D eigenvalue weighted by atomic mass is 10.2. The summed E-state index contributed by atoms with van der Waals surface area (Å²) in [5, 5.41) is 9.16. The van der Waals surface area contributed by atoms with Crippen molar-refractivity contribution in [1.82, 2.24) is 9.13 Å². The van der Waals surface area contributed by atoms with Gasteiger partial charge >= 0.3 is 11.9 Å². The van der Waals surface area contributed by atoms with Crippen molar-refractivity contribution >= 4 is 0 Å². The first-order chi connectivity index (χ1) is 10.7. The van der Waals surface area contributed by atoms with Gasteiger partial charge in [-0.1, -0.05) is 6.07 Å². The van der Waals surface area contributed by atoms with Gasteiger partial charge in [0.05, 0.1) is 23.9 Å². The highest BCUT2D eigenvalue weighted by Gasteiger charge is 2.30. The van der Waals surface area contributed by atoms with Gasteiger partial charge in [0.2, 0.25) is 0 Å². The number of alkyl halides is 3. The van der Waals surface area contributed by atoms with Crippen LogP contribution < -0.4 is 11.2 Å². The first-order valence-electron chi connectivity index (χ1n) is 6.80. The summed E-state index contributed by atoms with van der Waals surface area (Å²) in [4.78, 5) is 24.4. The average Bonchev–Trinajstić information content (AvgIpc) is 2.45. The van der Waals surface area contributed by atoms with Crippen LogP contribution in [0.2, 0.25) is 0 Å². The predicted octanol–water partition coefficient (Wildman–Crippen LogP) is 1.88. The van der Waals surface area contributed by atoms with Crippen LogP contribution in [-0.4, -0.2) is 20.8 Å². The Balaban J connectivity index is 2.75. The predicted molar refractivity (Wildman–Crippen MR) is 77.8 cm³/mol. The summed E-state index contributed by atoms with van der Waals surface area (Å²) >= 11 is 0. The van der Waals surface area contributed by atoms with Gasteiger partial charge in [-0.15, -0.1) is 0 Å². The molecule has 1 aromatic carbocycles. The number of aryl methyl sites for hydroxylation is 1. The van der Waals surface area contributed by atoms with Crippen molar-refractivity contribution in [2.24, 2.45) is 0 Å². The highest BCUT2D eigenvalue weighted by atomic mass is 19.4. The van der Waals surface area contributed by atoms with Gasteiger partial charge in [0.15, 0.2) is 0 Å². The maximum Gasteiger partial charge on any atom is 0.416 e. The molecule has 0 aliphatic heterocycles. The van der Waals surface area contributed by atoms with Crippen LogP contribution in [0, 0.1) is 6.92 Å². The maximum atomic E-state index is 12.8. The van der Waals surface area contributed by atoms with Gasteiger partial charge < -0.3 is 5.11 Å². The molecule has 0 aliphatic rings. The summed E-state index contributed by atoms with van der Waals surface area (Å²) in [6.45, 7) is 2.48. The van der Waals surface area contributed by atoms with E-state index in [0.717, 1.165) is 27.3 Å². The van der Waals surface area contributed by atoms with Gasteiger partial charge in [-0.05, 0) is 32.0 Å². The van der Waals surface area contributed by atoms with E-state index in [9.17, 15) is 22.8 Å². The van der Waals surface area contributed by atoms with Gasteiger partial charge in [-0.3, -0.25) is 13.9 Å². The Bertz CT molecular complexity index is 837. The van der Waals surface area contributed by atoms with Gasteiger partial charge in [-0.25, -0.2) is 4.79 Å². The Labute approximate surface area is 129 Å². The van der Waals surface area contributed by atoms with E-state index in [1.165, 1.54) is 26.0 Å². The smallest absolute Gasteiger partial charge is 0.394 e. The van der Waals surface area contributed by atoms with Gasteiger partial charge in [0, 0.05) is 11.8 Å². The van der Waals surface area contributed by atoms with Crippen molar-refractivity contribution in [2.75, 3.05) is 6.61 Å². The van der Waals surface area contributed by atoms with Crippen LogP contribution in [0.4, 0.5) is 13.2 Å². The summed E-state index contributed by atoms with van der Waals surface area (Å²) in [6, 6.07) is 4.64. The number of hydrogen-bond donors (Lipinski definition) is 1. The van der Waals surface area contributed by atoms with Crippen LogP contribution in [0.15, 0.2) is 39.9 Å². The molecular formula is C15H15F3N2O3. The average molecular weight is 328 g/mol. The molecular weight excluding hydrogens is 313 g/mol. The van der Waals surface area contributed by atoms with E-state index >= 15 is 0 Å². The highest BCUT2D eigenvalue weighted by Crippen LogP contribution is 2.30. The Kier molecular flexibility index (Phi) is 4.46. The molecule has 1 heterocycles. The number of halogens is 3. The van der Waals surface area contributed by atoms with Crippen LogP contribution in [0.5, 0.6) is 0 Å². The lowest BCUT2D eigenvalue weighted by Crippen LogP contribution is -2.42. The Hall–Kier alpha value is -2.35. The van der Waals surface area contributed by atoms with Crippen LogP contribution in [0.25, 0.3) is 5.69 Å². The Morgan fingerprint density at radius 1 is 1.22 bits per heavy atom. The number of nitrogens with zero attached hydrogens (tertiary/aromatic N) is 2. The van der Waals surface area contributed by atoms with E-state index in [0.29, 0.717) is 0 Å². The Morgan fingerprint density at radius 2 is 1.87 bits per heavy atom. The molecule has 0 aliphatic carbocycles. The van der Waals surface area contributed by atoms with Crippen LogP contribution in [-0.2, 0) is 6.18 Å². The van der Waals surface area contributed by atoms with Crippen LogP contribution in [0.1, 0.15) is 24.2 Å². The highest BCUT2D eigenvalue weighted by molar-refractivity contribution is 5.38. The minimum atomic E-state index is -4.54. The SMILES string of the molecule is Cc1cc(=O)n(C(C)CO)c(=O)n1-c1cccc(C(F)(F)F)c1. The quantitative estimate of drug-likeness (QED) is 0.936. The van der Waals surface area contributed by atoms with E-state index < -0.39 is 35.6 Å². The second-order valence-corrected chi connectivity index (χ2v) is 5.19.